The molecule has 2 unspecified atom stereocenters. The molecule has 2 heteroatoms. The van der Waals surface area contributed by atoms with Crippen LogP contribution < -0.4 is 9.80 Å². The van der Waals surface area contributed by atoms with E-state index in [0.717, 1.165) is 17.1 Å². The quantitative estimate of drug-likeness (QED) is 0.121. The van der Waals surface area contributed by atoms with Crippen LogP contribution in [-0.4, -0.2) is 6.04 Å². The third kappa shape index (κ3) is 9.22. The van der Waals surface area contributed by atoms with E-state index in [9.17, 15) is 0 Å². The molecule has 0 amide bonds. The molecule has 0 radical (unpaired) electrons. The molecule has 0 saturated carbocycles. The highest BCUT2D eigenvalue weighted by molar-refractivity contribution is 5.86. The number of hydrogen-bond donors (Lipinski definition) is 0. The predicted molar refractivity (Wildman–Crippen MR) is 294 cm³/mol. The van der Waals surface area contributed by atoms with Crippen molar-refractivity contribution in [2.45, 2.75) is 13.0 Å². The molecular weight excluding hydrogens is 833 g/mol. The summed E-state index contributed by atoms with van der Waals surface area (Å²) in [5, 5.41) is 0. The van der Waals surface area contributed by atoms with Gasteiger partial charge in [0.05, 0.1) is 6.04 Å². The van der Waals surface area contributed by atoms with Gasteiger partial charge in [-0.05, 0) is 133 Å². The Morgan fingerprint density at radius 1 is 0.246 bits per heavy atom. The normalized spacial score (nSPS) is 14.0. The molecule has 2 atom stereocenters. The average molecular weight is 885 g/mol. The van der Waals surface area contributed by atoms with E-state index in [2.05, 4.69) is 302 Å². The van der Waals surface area contributed by atoms with Gasteiger partial charge in [0, 0.05) is 28.4 Å². The monoisotopic (exact) mass is 884 g/mol. The lowest BCUT2D eigenvalue weighted by Gasteiger charge is -2.36. The van der Waals surface area contributed by atoms with Crippen LogP contribution in [0.25, 0.3) is 66.8 Å². The summed E-state index contributed by atoms with van der Waals surface area (Å²) in [6.45, 7) is 2.30. The molecule has 0 bridgehead atoms. The fourth-order valence-electron chi connectivity index (χ4n) is 9.71. The summed E-state index contributed by atoms with van der Waals surface area (Å²) in [5.74, 6) is 0.364. The third-order valence-corrected chi connectivity index (χ3v) is 13.4. The highest BCUT2D eigenvalue weighted by atomic mass is 15.2. The van der Waals surface area contributed by atoms with Gasteiger partial charge in [0.2, 0.25) is 0 Å². The molecule has 0 N–H and O–H groups in total. The van der Waals surface area contributed by atoms with Crippen molar-refractivity contribution in [3.05, 3.63) is 285 Å². The van der Waals surface area contributed by atoms with Crippen LogP contribution in [-0.2, 0) is 0 Å². The maximum absolute atomic E-state index is 2.47. The summed E-state index contributed by atoms with van der Waals surface area (Å²) in [5.41, 5.74) is 20.1. The van der Waals surface area contributed by atoms with E-state index in [1.54, 1.807) is 0 Å². The van der Waals surface area contributed by atoms with Crippen LogP contribution in [0.5, 0.6) is 0 Å². The van der Waals surface area contributed by atoms with Crippen LogP contribution in [0.4, 0.5) is 28.4 Å². The first-order valence-corrected chi connectivity index (χ1v) is 23.9. The molecule has 1 aliphatic carbocycles. The molecule has 0 heterocycles. The van der Waals surface area contributed by atoms with Gasteiger partial charge in [-0.1, -0.05) is 231 Å². The van der Waals surface area contributed by atoms with E-state index < -0.39 is 0 Å². The minimum atomic E-state index is 0.206. The topological polar surface area (TPSA) is 6.48 Å². The largest absolute Gasteiger partial charge is 0.334 e. The van der Waals surface area contributed by atoms with Gasteiger partial charge in [-0.15, -0.1) is 0 Å². The van der Waals surface area contributed by atoms with Crippen molar-refractivity contribution in [1.29, 1.82) is 0 Å². The zero-order valence-electron chi connectivity index (χ0n) is 38.7. The summed E-state index contributed by atoms with van der Waals surface area (Å²) in [4.78, 5) is 4.79. The molecule has 10 aromatic carbocycles. The Hall–Kier alpha value is -8.72. The second kappa shape index (κ2) is 19.6. The van der Waals surface area contributed by atoms with Gasteiger partial charge in [0.1, 0.15) is 0 Å². The Kier molecular flexibility index (Phi) is 12.2. The molecule has 0 spiro atoms. The summed E-state index contributed by atoms with van der Waals surface area (Å²) < 4.78 is 0. The average Bonchev–Trinajstić information content (AvgIpc) is 3.43. The fraction of sp³-hybridized carbons (Fsp3) is 0.0448. The fourth-order valence-corrected chi connectivity index (χ4v) is 9.71. The Bertz CT molecular complexity index is 3320. The van der Waals surface area contributed by atoms with E-state index >= 15 is 0 Å². The van der Waals surface area contributed by atoms with Gasteiger partial charge in [0.25, 0.3) is 0 Å². The zero-order chi connectivity index (χ0) is 46.4. The zero-order valence-corrected chi connectivity index (χ0v) is 38.7. The number of rotatable bonds is 12. The highest BCUT2D eigenvalue weighted by Crippen LogP contribution is 2.40. The van der Waals surface area contributed by atoms with Gasteiger partial charge in [-0.25, -0.2) is 0 Å². The summed E-state index contributed by atoms with van der Waals surface area (Å²) in [6.07, 6.45) is 8.95. The van der Waals surface area contributed by atoms with E-state index in [1.807, 2.05) is 0 Å². The lowest BCUT2D eigenvalue weighted by Crippen LogP contribution is -2.35. The number of allylic oxidation sites excluding steroid dienone is 2. The van der Waals surface area contributed by atoms with Crippen molar-refractivity contribution in [1.82, 2.24) is 0 Å². The predicted octanol–water partition coefficient (Wildman–Crippen LogP) is 18.4. The first-order chi connectivity index (χ1) is 34.1. The first-order valence-electron chi connectivity index (χ1n) is 23.9. The molecular formula is C67H52N2. The first kappa shape index (κ1) is 42.9. The second-order valence-corrected chi connectivity index (χ2v) is 17.8. The lowest BCUT2D eigenvalue weighted by atomic mass is 9.92. The van der Waals surface area contributed by atoms with Crippen LogP contribution in [0.3, 0.4) is 0 Å². The number of nitrogens with zero attached hydrogens (tertiary/aromatic N) is 2. The van der Waals surface area contributed by atoms with Crippen molar-refractivity contribution in [3.63, 3.8) is 0 Å². The number of anilines is 5. The van der Waals surface area contributed by atoms with Crippen LogP contribution in [0.2, 0.25) is 0 Å². The van der Waals surface area contributed by atoms with Gasteiger partial charge in [-0.3, -0.25) is 0 Å². The van der Waals surface area contributed by atoms with Crippen LogP contribution in [0, 0.1) is 5.92 Å². The van der Waals surface area contributed by atoms with Crippen molar-refractivity contribution in [2.24, 2.45) is 5.92 Å². The molecule has 2 nitrogen and oxygen atoms in total. The Morgan fingerprint density at radius 2 is 0.522 bits per heavy atom. The molecule has 0 fully saturated rings. The molecule has 0 aromatic heterocycles. The molecule has 0 aliphatic heterocycles. The maximum Gasteiger partial charge on any atom is 0.0585 e. The minimum absolute atomic E-state index is 0.206. The summed E-state index contributed by atoms with van der Waals surface area (Å²) >= 11 is 0. The third-order valence-electron chi connectivity index (χ3n) is 13.4. The van der Waals surface area contributed by atoms with Gasteiger partial charge >= 0.3 is 0 Å². The Morgan fingerprint density at radius 3 is 0.899 bits per heavy atom. The lowest BCUT2D eigenvalue weighted by molar-refractivity contribution is 0.609. The molecule has 10 aromatic rings. The van der Waals surface area contributed by atoms with Crippen molar-refractivity contribution in [3.8, 4) is 66.8 Å². The van der Waals surface area contributed by atoms with Gasteiger partial charge in [-0.2, -0.15) is 0 Å². The Labute approximate surface area is 407 Å². The minimum Gasteiger partial charge on any atom is -0.334 e. The maximum atomic E-state index is 2.47. The number of para-hydroxylation sites is 1. The van der Waals surface area contributed by atoms with E-state index in [1.165, 1.54) is 78.1 Å². The standard InChI is InChI=1S/C67H52N2/c1-49-15-11-14-24-67(49)69(63-45-37-55(38-46-63)51-18-7-3-8-19-51)64-47-39-57(40-48-64)53-27-31-59(32-28-53)66-23-13-12-22-65(66)58-29-25-52(26-30-58)56-35-43-62(44-36-56)68(60-20-9-4-10-21-60)61-41-33-54(34-42-61)50-16-5-2-6-17-50/h2-49,67H,1H3. The molecule has 0 saturated heterocycles. The van der Waals surface area contributed by atoms with Crippen LogP contribution in [0.1, 0.15) is 6.92 Å². The highest BCUT2D eigenvalue weighted by Gasteiger charge is 2.24. The van der Waals surface area contributed by atoms with Crippen molar-refractivity contribution in [2.75, 3.05) is 9.80 Å². The molecule has 1 aliphatic rings. The molecule has 69 heavy (non-hydrogen) atoms. The van der Waals surface area contributed by atoms with Crippen LogP contribution >= 0.6 is 0 Å². The molecule has 330 valence electrons. The van der Waals surface area contributed by atoms with Crippen molar-refractivity contribution >= 4 is 28.4 Å². The SMILES string of the molecule is CC1C=CC=CC1N(c1ccc(-c2ccccc2)cc1)c1ccc(-c2ccc(-c3ccccc3-c3ccc(-c4ccc(N(c5ccccc5)c5ccc(-c6ccccc6)cc5)cc4)cc3)cc2)cc1. The smallest absolute Gasteiger partial charge is 0.0585 e. The summed E-state index contributed by atoms with van der Waals surface area (Å²) in [6, 6.07) is 94.5. The Balaban J connectivity index is 0.809. The van der Waals surface area contributed by atoms with Gasteiger partial charge < -0.3 is 9.80 Å². The number of benzene rings is 10. The second-order valence-electron chi connectivity index (χ2n) is 17.8. The van der Waals surface area contributed by atoms with E-state index in [4.69, 9.17) is 0 Å². The van der Waals surface area contributed by atoms with E-state index in [0.29, 0.717) is 5.92 Å². The van der Waals surface area contributed by atoms with Crippen LogP contribution in [0.15, 0.2) is 285 Å². The number of hydrogen-bond acceptors (Lipinski definition) is 2. The summed E-state index contributed by atoms with van der Waals surface area (Å²) in [7, 11) is 0. The molecule has 11 rings (SSSR count). The van der Waals surface area contributed by atoms with Crippen molar-refractivity contribution < 1.29 is 0 Å². The van der Waals surface area contributed by atoms with E-state index in [-0.39, 0.29) is 6.04 Å². The van der Waals surface area contributed by atoms with Gasteiger partial charge in [0.15, 0.2) is 0 Å².